The van der Waals surface area contributed by atoms with Crippen LogP contribution in [-0.4, -0.2) is 30.4 Å². The van der Waals surface area contributed by atoms with E-state index in [9.17, 15) is 4.79 Å². The predicted octanol–water partition coefficient (Wildman–Crippen LogP) is 4.78. The molecule has 0 amide bonds. The van der Waals surface area contributed by atoms with Crippen LogP contribution in [-0.2, 0) is 16.7 Å². The number of rotatable bonds is 3. The second-order valence-electron chi connectivity index (χ2n) is 8.73. The fraction of sp³-hybridized carbons (Fsp3) is 0.429. The van der Waals surface area contributed by atoms with Crippen molar-refractivity contribution in [3.05, 3.63) is 28.1 Å². The second-order valence-corrected chi connectivity index (χ2v) is 10.8. The highest BCUT2D eigenvalue weighted by atomic mass is 32.1. The average Bonchev–Trinajstić information content (AvgIpc) is 3.34. The van der Waals surface area contributed by atoms with E-state index in [0.29, 0.717) is 16.4 Å². The third-order valence-electron chi connectivity index (χ3n) is 5.34. The zero-order chi connectivity index (χ0) is 21.3. The minimum absolute atomic E-state index is 0.131. The summed E-state index contributed by atoms with van der Waals surface area (Å²) in [6.45, 7) is 8.84. The molecule has 2 aliphatic heterocycles. The number of carbonyl (C=O) groups is 1. The van der Waals surface area contributed by atoms with Crippen LogP contribution < -0.4 is 20.1 Å². The quantitative estimate of drug-likeness (QED) is 0.562. The Hall–Kier alpha value is -2.36. The van der Waals surface area contributed by atoms with Crippen molar-refractivity contribution in [2.75, 3.05) is 19.2 Å². The molecular weight excluding hydrogens is 422 g/mol. The van der Waals surface area contributed by atoms with E-state index in [0.717, 1.165) is 37.8 Å². The molecule has 4 heterocycles. The van der Waals surface area contributed by atoms with E-state index in [-0.39, 0.29) is 23.8 Å². The van der Waals surface area contributed by atoms with Gasteiger partial charge in [0.15, 0.2) is 16.6 Å². The van der Waals surface area contributed by atoms with Gasteiger partial charge in [-0.3, -0.25) is 0 Å². The van der Waals surface area contributed by atoms with E-state index in [1.165, 1.54) is 18.4 Å². The smallest absolute Gasteiger partial charge is 0.341 e. The minimum atomic E-state index is -0.328. The van der Waals surface area contributed by atoms with Crippen molar-refractivity contribution in [2.24, 2.45) is 0 Å². The molecule has 0 saturated heterocycles. The van der Waals surface area contributed by atoms with Gasteiger partial charge in [0.1, 0.15) is 5.00 Å². The summed E-state index contributed by atoms with van der Waals surface area (Å²) in [4.78, 5) is 18.6. The Morgan fingerprint density at radius 3 is 2.67 bits per heavy atom. The largest absolute Gasteiger partial charge is 0.465 e. The van der Waals surface area contributed by atoms with Crippen LogP contribution in [0, 0.1) is 0 Å². The normalized spacial score (nSPS) is 18.3. The SMILES string of the molecule is COC(=O)c1c(Nc2nc3cc4c(cc3s2)OCO4)sc2c1CC(C)(C)NC2(C)C. The van der Waals surface area contributed by atoms with Gasteiger partial charge in [-0.2, -0.15) is 0 Å². The number of ether oxygens (including phenoxy) is 3. The van der Waals surface area contributed by atoms with E-state index in [2.05, 4.69) is 38.3 Å². The summed E-state index contributed by atoms with van der Waals surface area (Å²) in [5, 5.41) is 8.55. The van der Waals surface area contributed by atoms with Crippen LogP contribution in [0.1, 0.15) is 48.5 Å². The number of hydrogen-bond acceptors (Lipinski definition) is 9. The predicted molar refractivity (Wildman–Crippen MR) is 119 cm³/mol. The Kier molecular flexibility index (Phi) is 4.29. The lowest BCUT2D eigenvalue weighted by atomic mass is 9.81. The van der Waals surface area contributed by atoms with Crippen molar-refractivity contribution in [3.8, 4) is 11.5 Å². The number of anilines is 2. The lowest BCUT2D eigenvalue weighted by Gasteiger charge is -2.42. The number of nitrogens with zero attached hydrogens (tertiary/aromatic N) is 1. The fourth-order valence-electron chi connectivity index (χ4n) is 4.40. The molecular formula is C21H23N3O4S2. The highest BCUT2D eigenvalue weighted by Crippen LogP contribution is 2.47. The van der Waals surface area contributed by atoms with Crippen molar-refractivity contribution in [1.82, 2.24) is 10.3 Å². The molecule has 3 aromatic rings. The molecule has 2 N–H and O–H groups in total. The first kappa shape index (κ1) is 19.6. The number of esters is 1. The van der Waals surface area contributed by atoms with E-state index < -0.39 is 0 Å². The zero-order valence-corrected chi connectivity index (χ0v) is 19.1. The topological polar surface area (TPSA) is 81.7 Å². The monoisotopic (exact) mass is 445 g/mol. The van der Waals surface area contributed by atoms with Gasteiger partial charge < -0.3 is 24.8 Å². The summed E-state index contributed by atoms with van der Waals surface area (Å²) >= 11 is 3.10. The minimum Gasteiger partial charge on any atom is -0.465 e. The molecule has 158 valence electrons. The number of methoxy groups -OCH3 is 1. The van der Waals surface area contributed by atoms with Gasteiger partial charge in [-0.05, 0) is 39.7 Å². The van der Waals surface area contributed by atoms with Gasteiger partial charge >= 0.3 is 5.97 Å². The molecule has 0 bridgehead atoms. The molecule has 30 heavy (non-hydrogen) atoms. The zero-order valence-electron chi connectivity index (χ0n) is 17.5. The third-order valence-corrected chi connectivity index (χ3v) is 7.74. The van der Waals surface area contributed by atoms with E-state index in [1.807, 2.05) is 12.1 Å². The van der Waals surface area contributed by atoms with Gasteiger partial charge in [0.25, 0.3) is 0 Å². The third kappa shape index (κ3) is 3.12. The Bertz CT molecular complexity index is 1140. The Balaban J connectivity index is 1.59. The van der Waals surface area contributed by atoms with Gasteiger partial charge in [0.05, 0.1) is 22.9 Å². The molecule has 1 aromatic carbocycles. The van der Waals surface area contributed by atoms with Crippen molar-refractivity contribution < 1.29 is 19.0 Å². The summed E-state index contributed by atoms with van der Waals surface area (Å²) in [5.74, 6) is 1.11. The lowest BCUT2D eigenvalue weighted by molar-refractivity contribution is 0.0600. The van der Waals surface area contributed by atoms with E-state index in [1.54, 1.807) is 11.3 Å². The standard InChI is InChI=1S/C21H23N3O4S2/c1-20(2)8-10-15(18(25)26-5)17(30-16(10)21(3,4)24-20)23-19-22-11-6-12-13(28-9-27-12)7-14(11)29-19/h6-7,24H,8-9H2,1-5H3,(H,22,23). The number of aromatic nitrogens is 1. The lowest BCUT2D eigenvalue weighted by Crippen LogP contribution is -2.55. The number of benzene rings is 1. The van der Waals surface area contributed by atoms with Gasteiger partial charge in [0, 0.05) is 28.1 Å². The first-order chi connectivity index (χ1) is 14.2. The molecule has 2 aromatic heterocycles. The maximum Gasteiger partial charge on any atom is 0.341 e. The van der Waals surface area contributed by atoms with Crippen LogP contribution in [0.15, 0.2) is 12.1 Å². The summed E-state index contributed by atoms with van der Waals surface area (Å²) < 4.78 is 17.1. The molecule has 0 radical (unpaired) electrons. The maximum atomic E-state index is 12.8. The van der Waals surface area contributed by atoms with Crippen molar-refractivity contribution in [2.45, 2.75) is 45.2 Å². The van der Waals surface area contributed by atoms with Crippen LogP contribution in [0.4, 0.5) is 10.1 Å². The van der Waals surface area contributed by atoms with Gasteiger partial charge in [-0.25, -0.2) is 9.78 Å². The average molecular weight is 446 g/mol. The molecule has 0 aliphatic carbocycles. The number of thiophene rings is 1. The molecule has 0 spiro atoms. The Labute approximate surface area is 182 Å². The molecule has 0 fully saturated rings. The number of hydrogen-bond donors (Lipinski definition) is 2. The van der Waals surface area contributed by atoms with Crippen LogP contribution in [0.5, 0.6) is 11.5 Å². The summed E-state index contributed by atoms with van der Waals surface area (Å²) in [7, 11) is 1.42. The van der Waals surface area contributed by atoms with E-state index in [4.69, 9.17) is 19.2 Å². The van der Waals surface area contributed by atoms with Crippen LogP contribution in [0.3, 0.4) is 0 Å². The van der Waals surface area contributed by atoms with Crippen molar-refractivity contribution in [1.29, 1.82) is 0 Å². The number of thiazole rings is 1. The molecule has 9 heteroatoms. The number of nitrogens with one attached hydrogen (secondary N) is 2. The molecule has 0 unspecified atom stereocenters. The van der Waals surface area contributed by atoms with Crippen molar-refractivity contribution in [3.63, 3.8) is 0 Å². The van der Waals surface area contributed by atoms with Crippen LogP contribution >= 0.6 is 22.7 Å². The molecule has 7 nitrogen and oxygen atoms in total. The first-order valence-electron chi connectivity index (χ1n) is 9.68. The number of carbonyl (C=O) groups excluding carboxylic acids is 1. The highest BCUT2D eigenvalue weighted by Gasteiger charge is 2.42. The first-order valence-corrected chi connectivity index (χ1v) is 11.3. The van der Waals surface area contributed by atoms with Gasteiger partial charge in [-0.1, -0.05) is 11.3 Å². The van der Waals surface area contributed by atoms with Crippen LogP contribution in [0.25, 0.3) is 10.2 Å². The molecule has 0 saturated carbocycles. The van der Waals surface area contributed by atoms with Crippen LogP contribution in [0.2, 0.25) is 0 Å². The molecule has 0 atom stereocenters. The van der Waals surface area contributed by atoms with Crippen molar-refractivity contribution >= 4 is 49.0 Å². The number of fused-ring (bicyclic) bond motifs is 3. The maximum absolute atomic E-state index is 12.8. The summed E-state index contributed by atoms with van der Waals surface area (Å²) in [5.41, 5.74) is 2.09. The van der Waals surface area contributed by atoms with Gasteiger partial charge in [0.2, 0.25) is 6.79 Å². The van der Waals surface area contributed by atoms with Gasteiger partial charge in [-0.15, -0.1) is 11.3 Å². The highest BCUT2D eigenvalue weighted by molar-refractivity contribution is 7.23. The summed E-state index contributed by atoms with van der Waals surface area (Å²) in [6, 6.07) is 3.83. The Morgan fingerprint density at radius 1 is 1.20 bits per heavy atom. The van der Waals surface area contributed by atoms with E-state index >= 15 is 0 Å². The molecule has 5 rings (SSSR count). The fourth-order valence-corrected chi connectivity index (χ4v) is 6.61. The second kappa shape index (κ2) is 6.57. The summed E-state index contributed by atoms with van der Waals surface area (Å²) in [6.07, 6.45) is 0.746. The molecule has 2 aliphatic rings. The Morgan fingerprint density at radius 2 is 1.93 bits per heavy atom.